The molecule has 0 spiro atoms. The number of hydrogen-bond donors (Lipinski definition) is 1. The second-order valence-electron chi connectivity index (χ2n) is 11.5. The van der Waals surface area contributed by atoms with E-state index in [0.717, 1.165) is 37.7 Å². The fourth-order valence-corrected chi connectivity index (χ4v) is 4.76. The van der Waals surface area contributed by atoms with Crippen molar-refractivity contribution in [2.45, 2.75) is 124 Å². The van der Waals surface area contributed by atoms with Crippen LogP contribution in [0, 0.1) is 11.1 Å². The minimum Gasteiger partial charge on any atom is -0.632 e. The smallest absolute Gasteiger partial charge is 0.256 e. The Kier molecular flexibility index (Phi) is 14.2. The normalized spacial score (nSPS) is 19.3. The van der Waals surface area contributed by atoms with E-state index >= 15 is 0 Å². The molecular weight excluding hydrogens is 472 g/mol. The molecule has 0 saturated heterocycles. The van der Waals surface area contributed by atoms with E-state index in [-0.39, 0.29) is 46.6 Å². The summed E-state index contributed by atoms with van der Waals surface area (Å²) in [6, 6.07) is -0.405. The van der Waals surface area contributed by atoms with Crippen LogP contribution < -0.4 is 5.06 Å². The number of carbonyl (C=O) groups excluding carboxylic acids is 2. The van der Waals surface area contributed by atoms with Gasteiger partial charge in [0.05, 0.1) is 30.4 Å². The average Bonchev–Trinajstić information content (AvgIpc) is 3.08. The third-order valence-corrected chi connectivity index (χ3v) is 7.06. The molecule has 1 rings (SSSR count). The number of hydrogen-bond acceptors (Lipinski definition) is 6. The van der Waals surface area contributed by atoms with E-state index in [1.54, 1.807) is 14.0 Å². The molecule has 0 radical (unpaired) electrons. The highest BCUT2D eigenvalue weighted by Crippen LogP contribution is 2.22. The van der Waals surface area contributed by atoms with Crippen molar-refractivity contribution in [1.29, 1.82) is 0 Å². The maximum atomic E-state index is 12.8. The summed E-state index contributed by atoms with van der Waals surface area (Å²) in [4.78, 5) is 25.5. The number of hydroxylamine groups is 2. The van der Waals surface area contributed by atoms with Crippen LogP contribution in [0.25, 0.3) is 0 Å². The van der Waals surface area contributed by atoms with Gasteiger partial charge in [0.25, 0.3) is 11.8 Å². The zero-order valence-electron chi connectivity index (χ0n) is 24.9. The van der Waals surface area contributed by atoms with Crippen LogP contribution >= 0.6 is 0 Å². The number of unbranched alkanes of at least 4 members (excludes halogenated alkanes) is 1. The van der Waals surface area contributed by atoms with Gasteiger partial charge in [-0.2, -0.15) is 0 Å². The number of ether oxygens (including phenoxy) is 3. The molecule has 1 aliphatic heterocycles. The van der Waals surface area contributed by atoms with E-state index in [1.165, 1.54) is 11.0 Å². The van der Waals surface area contributed by atoms with Crippen LogP contribution in [-0.4, -0.2) is 67.1 Å². The quantitative estimate of drug-likeness (QED) is 0.0950. The van der Waals surface area contributed by atoms with Crippen LogP contribution in [0.1, 0.15) is 94.4 Å². The number of amides is 2. The Balaban J connectivity index is 2.40. The highest BCUT2D eigenvalue weighted by atomic mass is 16.6. The number of methoxy groups -OCH3 is 1. The Morgan fingerprint density at radius 3 is 2.35 bits per heavy atom. The number of rotatable bonds is 18. The van der Waals surface area contributed by atoms with Crippen molar-refractivity contribution in [2.75, 3.05) is 20.3 Å². The lowest BCUT2D eigenvalue weighted by molar-refractivity contribution is -0.916. The van der Waals surface area contributed by atoms with E-state index in [9.17, 15) is 14.8 Å². The summed E-state index contributed by atoms with van der Waals surface area (Å²) < 4.78 is 17.7. The molecule has 1 heterocycles. The molecule has 2 amide bonds. The first-order valence-corrected chi connectivity index (χ1v) is 13.8. The third kappa shape index (κ3) is 11.0. The van der Waals surface area contributed by atoms with Crippen LogP contribution in [0.4, 0.5) is 0 Å². The minimum atomic E-state index is -0.487. The predicted octanol–water partition coefficient (Wildman–Crippen LogP) is 4.19. The van der Waals surface area contributed by atoms with Crippen molar-refractivity contribution in [1.82, 2.24) is 4.90 Å². The van der Waals surface area contributed by atoms with Gasteiger partial charge in [0, 0.05) is 37.9 Å². The van der Waals surface area contributed by atoms with E-state index in [1.807, 2.05) is 47.6 Å². The second kappa shape index (κ2) is 15.7. The van der Waals surface area contributed by atoms with Gasteiger partial charge >= 0.3 is 0 Å². The third-order valence-electron chi connectivity index (χ3n) is 7.06. The van der Waals surface area contributed by atoms with Crippen molar-refractivity contribution in [3.05, 3.63) is 28.5 Å². The van der Waals surface area contributed by atoms with Gasteiger partial charge in [-0.25, -0.2) is 0 Å². The molecule has 0 aromatic carbocycles. The van der Waals surface area contributed by atoms with Crippen molar-refractivity contribution < 1.29 is 28.9 Å². The zero-order valence-corrected chi connectivity index (χ0v) is 24.9. The molecule has 214 valence electrons. The highest BCUT2D eigenvalue weighted by Gasteiger charge is 2.33. The molecule has 0 aromatic rings. The van der Waals surface area contributed by atoms with Crippen LogP contribution in [0.2, 0.25) is 0 Å². The topological polar surface area (TPSA) is 92.6 Å². The van der Waals surface area contributed by atoms with Crippen molar-refractivity contribution >= 4 is 11.8 Å². The first-order valence-electron chi connectivity index (χ1n) is 13.8. The number of allylic oxidation sites excluding steroid dienone is 1. The lowest BCUT2D eigenvalue weighted by atomic mass is 9.94. The van der Waals surface area contributed by atoms with Crippen molar-refractivity contribution in [3.8, 4) is 0 Å². The van der Waals surface area contributed by atoms with Crippen molar-refractivity contribution in [2.24, 2.45) is 5.92 Å². The Morgan fingerprint density at radius 1 is 1.19 bits per heavy atom. The molecule has 0 bridgehead atoms. The van der Waals surface area contributed by atoms with E-state index in [0.29, 0.717) is 18.8 Å². The number of nitrogens with zero attached hydrogens (tertiary/aromatic N) is 1. The molecule has 6 unspecified atom stereocenters. The highest BCUT2D eigenvalue weighted by molar-refractivity contribution is 6.16. The standard InChI is InChI=1S/C29H52N2O6/c1-11-25(21(4)17-23(6)31(34)27(35-10)16-20(2)3)36-15-13-12-14-29(8,9)37-19-24(7)30-26(32)18-22(5)28(30)33/h16,18,21,23-25,27,31H,11-15,17,19H2,1-10H3. The van der Waals surface area contributed by atoms with Gasteiger partial charge < -0.3 is 24.5 Å². The Morgan fingerprint density at radius 2 is 1.84 bits per heavy atom. The number of imide groups is 1. The van der Waals surface area contributed by atoms with E-state index < -0.39 is 6.23 Å². The summed E-state index contributed by atoms with van der Waals surface area (Å²) in [5.41, 5.74) is 1.18. The summed E-state index contributed by atoms with van der Waals surface area (Å²) in [7, 11) is 1.58. The Labute approximate surface area is 225 Å². The molecule has 6 atom stereocenters. The molecule has 0 aromatic heterocycles. The Hall–Kier alpha value is -1.58. The summed E-state index contributed by atoms with van der Waals surface area (Å²) >= 11 is 0. The summed E-state index contributed by atoms with van der Waals surface area (Å²) in [6.45, 7) is 18.8. The van der Waals surface area contributed by atoms with E-state index in [4.69, 9.17) is 14.2 Å². The molecule has 1 aliphatic rings. The lowest BCUT2D eigenvalue weighted by Gasteiger charge is -2.36. The van der Waals surface area contributed by atoms with Gasteiger partial charge in [-0.1, -0.05) is 19.4 Å². The number of quaternary nitrogens is 1. The molecule has 0 aliphatic carbocycles. The van der Waals surface area contributed by atoms with Gasteiger partial charge in [-0.3, -0.25) is 14.5 Å². The molecule has 0 fully saturated rings. The number of nitrogens with one attached hydrogen (secondary N) is 1. The molecule has 0 saturated carbocycles. The van der Waals surface area contributed by atoms with Gasteiger partial charge in [-0.15, -0.1) is 0 Å². The van der Waals surface area contributed by atoms with Crippen LogP contribution in [0.3, 0.4) is 0 Å². The van der Waals surface area contributed by atoms with Crippen LogP contribution in [0.5, 0.6) is 0 Å². The largest absolute Gasteiger partial charge is 0.632 e. The molecule has 8 nitrogen and oxygen atoms in total. The fraction of sp³-hybridized carbons (Fsp3) is 0.793. The molecule has 1 N–H and O–H groups in total. The van der Waals surface area contributed by atoms with E-state index in [2.05, 4.69) is 13.8 Å². The first-order chi connectivity index (χ1) is 17.2. The summed E-state index contributed by atoms with van der Waals surface area (Å²) in [5.74, 6) is -0.233. The molecular formula is C29H52N2O6. The molecule has 37 heavy (non-hydrogen) atoms. The minimum absolute atomic E-state index is 0.0978. The van der Waals surface area contributed by atoms with Gasteiger partial charge in [-0.05, 0) is 80.1 Å². The van der Waals surface area contributed by atoms with Crippen molar-refractivity contribution in [3.63, 3.8) is 0 Å². The lowest BCUT2D eigenvalue weighted by Crippen LogP contribution is -3.14. The predicted molar refractivity (Wildman–Crippen MR) is 147 cm³/mol. The van der Waals surface area contributed by atoms with Gasteiger partial charge in [0.15, 0.2) is 0 Å². The maximum absolute atomic E-state index is 12.8. The van der Waals surface area contributed by atoms with Gasteiger partial charge in [0.2, 0.25) is 6.23 Å². The average molecular weight is 525 g/mol. The summed E-state index contributed by atoms with van der Waals surface area (Å²) in [6.07, 6.45) is 7.27. The van der Waals surface area contributed by atoms with Gasteiger partial charge in [0.1, 0.15) is 0 Å². The molecule has 8 heteroatoms. The van der Waals surface area contributed by atoms with Crippen LogP contribution in [0.15, 0.2) is 23.3 Å². The SMILES string of the molecule is CCC(OCCCCC(C)(C)OCC(C)N1C(=O)C=C(C)C1=O)C(C)CC(C)[NH+]([O-])C(C=C(C)C)OC. The fourth-order valence-electron chi connectivity index (χ4n) is 4.76. The summed E-state index contributed by atoms with van der Waals surface area (Å²) in [5, 5.41) is 12.9. The first kappa shape index (κ1) is 33.4. The second-order valence-corrected chi connectivity index (χ2v) is 11.5. The zero-order chi connectivity index (χ0) is 28.3. The van der Waals surface area contributed by atoms with Crippen LogP contribution in [-0.2, 0) is 23.8 Å². The maximum Gasteiger partial charge on any atom is 0.256 e. The number of carbonyl (C=O) groups is 2. The Bertz CT molecular complexity index is 789. The monoisotopic (exact) mass is 524 g/mol.